The van der Waals surface area contributed by atoms with E-state index >= 15 is 0 Å². The molecule has 1 amide bonds. The topological polar surface area (TPSA) is 58.4 Å². The maximum absolute atomic E-state index is 12.7. The molecule has 0 spiro atoms. The van der Waals surface area contributed by atoms with Crippen LogP contribution in [0.5, 0.6) is 0 Å². The Labute approximate surface area is 187 Å². The van der Waals surface area contributed by atoms with Gasteiger partial charge in [-0.15, -0.1) is 24.8 Å². The van der Waals surface area contributed by atoms with Crippen molar-refractivity contribution in [2.45, 2.75) is 45.3 Å². The Kier molecular flexibility index (Phi) is 10.1. The van der Waals surface area contributed by atoms with Gasteiger partial charge < -0.3 is 11.1 Å². The fourth-order valence-corrected chi connectivity index (χ4v) is 3.62. The molecule has 2 aromatic rings. The molecule has 160 valence electrons. The number of likely N-dealkylation sites (tertiary alicyclic amines) is 1. The van der Waals surface area contributed by atoms with Gasteiger partial charge in [-0.3, -0.25) is 9.69 Å². The van der Waals surface area contributed by atoms with Crippen molar-refractivity contribution >= 4 is 30.7 Å². The molecule has 1 heterocycles. The molecule has 1 aliphatic rings. The van der Waals surface area contributed by atoms with Crippen molar-refractivity contribution in [1.29, 1.82) is 0 Å². The Morgan fingerprint density at radius 3 is 2.21 bits per heavy atom. The second kappa shape index (κ2) is 11.6. The molecule has 1 atom stereocenters. The van der Waals surface area contributed by atoms with Crippen LogP contribution in [0.1, 0.15) is 43.4 Å². The lowest BCUT2D eigenvalue weighted by atomic mass is 9.92. The number of nitrogens with zero attached hydrogens (tertiary/aromatic N) is 1. The Hall–Kier alpha value is -1.59. The zero-order valence-electron chi connectivity index (χ0n) is 17.3. The van der Waals surface area contributed by atoms with E-state index in [1.165, 1.54) is 18.4 Å². The Morgan fingerprint density at radius 2 is 1.59 bits per heavy atom. The van der Waals surface area contributed by atoms with Crippen molar-refractivity contribution < 1.29 is 4.79 Å². The monoisotopic (exact) mass is 437 g/mol. The maximum atomic E-state index is 12.7. The third-order valence-corrected chi connectivity index (χ3v) is 5.67. The number of hydrogen-bond donors (Lipinski definition) is 2. The van der Waals surface area contributed by atoms with Crippen LogP contribution in [0.15, 0.2) is 54.6 Å². The zero-order valence-corrected chi connectivity index (χ0v) is 18.9. The summed E-state index contributed by atoms with van der Waals surface area (Å²) < 4.78 is 0. The van der Waals surface area contributed by atoms with E-state index in [0.29, 0.717) is 6.54 Å². The van der Waals surface area contributed by atoms with Crippen molar-refractivity contribution in [2.75, 3.05) is 13.1 Å². The number of carbonyl (C=O) groups excluding carboxylic acids is 1. The van der Waals surface area contributed by atoms with E-state index in [2.05, 4.69) is 35.3 Å². The van der Waals surface area contributed by atoms with Gasteiger partial charge in [0.05, 0.1) is 0 Å². The molecular formula is C23H33Cl2N3O. The molecular weight excluding hydrogens is 405 g/mol. The number of carbonyl (C=O) groups is 1. The first-order valence-corrected chi connectivity index (χ1v) is 9.88. The predicted molar refractivity (Wildman–Crippen MR) is 124 cm³/mol. The van der Waals surface area contributed by atoms with Crippen molar-refractivity contribution in [1.82, 2.24) is 10.2 Å². The average molecular weight is 438 g/mol. The molecule has 0 aromatic heterocycles. The van der Waals surface area contributed by atoms with Gasteiger partial charge in [0, 0.05) is 13.1 Å². The van der Waals surface area contributed by atoms with Crippen LogP contribution in [0.3, 0.4) is 0 Å². The molecule has 0 radical (unpaired) electrons. The number of rotatable bonds is 6. The van der Waals surface area contributed by atoms with Gasteiger partial charge in [-0.2, -0.15) is 0 Å². The first-order chi connectivity index (χ1) is 13.0. The highest BCUT2D eigenvalue weighted by molar-refractivity contribution is 5.87. The summed E-state index contributed by atoms with van der Waals surface area (Å²) >= 11 is 0. The van der Waals surface area contributed by atoms with E-state index in [9.17, 15) is 4.79 Å². The maximum Gasteiger partial charge on any atom is 0.244 e. The molecule has 0 aliphatic carbocycles. The van der Waals surface area contributed by atoms with Crippen LogP contribution in [-0.4, -0.2) is 23.9 Å². The number of halogens is 2. The van der Waals surface area contributed by atoms with Gasteiger partial charge in [-0.25, -0.2) is 0 Å². The van der Waals surface area contributed by atoms with Gasteiger partial charge in [0.15, 0.2) is 0 Å². The van der Waals surface area contributed by atoms with Gasteiger partial charge in [0.2, 0.25) is 5.91 Å². The summed E-state index contributed by atoms with van der Waals surface area (Å²) in [4.78, 5) is 15.2. The molecule has 29 heavy (non-hydrogen) atoms. The fourth-order valence-electron chi connectivity index (χ4n) is 3.62. The Bertz CT molecular complexity index is 760. The van der Waals surface area contributed by atoms with Gasteiger partial charge in [-0.1, -0.05) is 61.5 Å². The van der Waals surface area contributed by atoms with Crippen molar-refractivity contribution in [2.24, 2.45) is 11.7 Å². The molecule has 0 bridgehead atoms. The van der Waals surface area contributed by atoms with E-state index in [1.54, 1.807) is 6.92 Å². The van der Waals surface area contributed by atoms with Crippen LogP contribution in [0.4, 0.5) is 0 Å². The molecule has 1 saturated heterocycles. The molecule has 1 fully saturated rings. The van der Waals surface area contributed by atoms with Crippen molar-refractivity contribution in [3.05, 3.63) is 71.3 Å². The van der Waals surface area contributed by atoms with Gasteiger partial charge in [0.1, 0.15) is 5.54 Å². The first kappa shape index (κ1) is 25.4. The molecule has 4 nitrogen and oxygen atoms in total. The number of amides is 1. The van der Waals surface area contributed by atoms with Gasteiger partial charge in [0.25, 0.3) is 0 Å². The van der Waals surface area contributed by atoms with Crippen LogP contribution in [0, 0.1) is 5.92 Å². The second-order valence-corrected chi connectivity index (χ2v) is 7.98. The second-order valence-electron chi connectivity index (χ2n) is 7.98. The van der Waals surface area contributed by atoms with Crippen LogP contribution < -0.4 is 11.1 Å². The highest BCUT2D eigenvalue weighted by Crippen LogP contribution is 2.21. The third kappa shape index (κ3) is 6.71. The largest absolute Gasteiger partial charge is 0.350 e. The summed E-state index contributed by atoms with van der Waals surface area (Å²) in [6.45, 7) is 7.83. The minimum Gasteiger partial charge on any atom is -0.350 e. The van der Waals surface area contributed by atoms with E-state index in [1.807, 2.05) is 36.4 Å². The number of nitrogens with one attached hydrogen (secondary N) is 1. The summed E-state index contributed by atoms with van der Waals surface area (Å²) in [5.41, 5.74) is 8.54. The lowest BCUT2D eigenvalue weighted by Crippen LogP contribution is -2.48. The van der Waals surface area contributed by atoms with E-state index in [-0.39, 0.29) is 30.7 Å². The minimum absolute atomic E-state index is 0. The molecule has 1 aliphatic heterocycles. The van der Waals surface area contributed by atoms with Crippen LogP contribution in [0.2, 0.25) is 0 Å². The third-order valence-electron chi connectivity index (χ3n) is 5.67. The number of hydrogen-bond acceptors (Lipinski definition) is 3. The minimum atomic E-state index is -1.04. The van der Waals surface area contributed by atoms with Crippen molar-refractivity contribution in [3.63, 3.8) is 0 Å². The van der Waals surface area contributed by atoms with Crippen molar-refractivity contribution in [3.8, 4) is 0 Å². The van der Waals surface area contributed by atoms with E-state index in [4.69, 9.17) is 5.73 Å². The van der Waals surface area contributed by atoms with Crippen LogP contribution in [0.25, 0.3) is 0 Å². The highest BCUT2D eigenvalue weighted by Gasteiger charge is 2.30. The lowest BCUT2D eigenvalue weighted by Gasteiger charge is -2.31. The summed E-state index contributed by atoms with van der Waals surface area (Å²) in [5, 5.41) is 3.04. The first-order valence-electron chi connectivity index (χ1n) is 9.88. The van der Waals surface area contributed by atoms with Crippen LogP contribution in [-0.2, 0) is 23.4 Å². The number of nitrogens with two attached hydrogens (primary N) is 1. The fraction of sp³-hybridized carbons (Fsp3) is 0.435. The molecule has 1 unspecified atom stereocenters. The van der Waals surface area contributed by atoms with Gasteiger partial charge >= 0.3 is 0 Å². The predicted octanol–water partition coefficient (Wildman–Crippen LogP) is 4.25. The summed E-state index contributed by atoms with van der Waals surface area (Å²) in [6.07, 6.45) is 2.53. The molecule has 3 rings (SSSR count). The standard InChI is InChI=1S/C23H31N3O.2ClH/c1-18-12-14-26(15-13-18)17-20-9-7-6-8-19(20)16-25-22(27)23(2,24)21-10-4-3-5-11-21;;/h3-11,18H,12-17,24H2,1-2H3,(H,25,27);2*1H. The summed E-state index contributed by atoms with van der Waals surface area (Å²) in [5.74, 6) is 0.673. The SMILES string of the molecule is CC1CCN(Cc2ccccc2CNC(=O)C(C)(N)c2ccccc2)CC1.Cl.Cl. The van der Waals surface area contributed by atoms with E-state index in [0.717, 1.165) is 36.7 Å². The normalized spacial score (nSPS) is 16.8. The molecule has 3 N–H and O–H groups in total. The summed E-state index contributed by atoms with van der Waals surface area (Å²) in [6, 6.07) is 17.9. The smallest absolute Gasteiger partial charge is 0.244 e. The average Bonchev–Trinajstić information content (AvgIpc) is 2.69. The van der Waals surface area contributed by atoms with Crippen LogP contribution >= 0.6 is 24.8 Å². The highest BCUT2D eigenvalue weighted by atomic mass is 35.5. The summed E-state index contributed by atoms with van der Waals surface area (Å²) in [7, 11) is 0. The Morgan fingerprint density at radius 1 is 1.03 bits per heavy atom. The number of benzene rings is 2. The quantitative estimate of drug-likeness (QED) is 0.709. The molecule has 6 heteroatoms. The lowest BCUT2D eigenvalue weighted by molar-refractivity contribution is -0.126. The molecule has 0 saturated carbocycles. The molecule has 2 aromatic carbocycles. The number of piperidine rings is 1. The van der Waals surface area contributed by atoms with E-state index < -0.39 is 5.54 Å². The van der Waals surface area contributed by atoms with Gasteiger partial charge in [-0.05, 0) is 55.5 Å². The zero-order chi connectivity index (χ0) is 19.3. The Balaban J connectivity index is 0.00000210.